The molecule has 0 spiro atoms. The van der Waals surface area contributed by atoms with Crippen molar-refractivity contribution in [3.05, 3.63) is 70.5 Å². The van der Waals surface area contributed by atoms with Crippen molar-refractivity contribution in [1.29, 1.82) is 0 Å². The van der Waals surface area contributed by atoms with Crippen LogP contribution in [-0.4, -0.2) is 31.5 Å². The fraction of sp³-hybridized carbons (Fsp3) is 0.360. The van der Waals surface area contributed by atoms with E-state index in [-0.39, 0.29) is 11.2 Å². The Balaban J connectivity index is 1.57. The second-order valence-electron chi connectivity index (χ2n) is 9.81. The van der Waals surface area contributed by atoms with Crippen LogP contribution in [0.4, 0.5) is 15.9 Å². The van der Waals surface area contributed by atoms with E-state index in [1.807, 2.05) is 16.8 Å². The molecule has 2 heterocycles. The smallest absolute Gasteiger partial charge is 0.137 e. The fourth-order valence-electron chi connectivity index (χ4n) is 3.64. The number of fused-ring (bicyclic) bond motifs is 1. The van der Waals surface area contributed by atoms with Crippen molar-refractivity contribution in [2.75, 3.05) is 17.2 Å². The van der Waals surface area contributed by atoms with Crippen molar-refractivity contribution in [1.82, 2.24) is 25.0 Å². The van der Waals surface area contributed by atoms with Crippen LogP contribution in [-0.2, 0) is 0 Å². The highest BCUT2D eigenvalue weighted by molar-refractivity contribution is 9.10. The minimum Gasteiger partial charge on any atom is -0.373 e. The van der Waals surface area contributed by atoms with Gasteiger partial charge in [-0.2, -0.15) is 0 Å². The quantitative estimate of drug-likeness (QED) is 0.303. The standard InChI is InChI=1S/C25H27BrFN7/c1-25(2,3)13-28-24-19-10-17(11-20(26)23(19)29-14-30-24)31-22(15-4-6-16(27)7-5-15)21-12-34(33-32-21)18-8-9-18/h4-7,10-12,14,18,22,31H,8-9,13H2,1-3H3,(H,28,29,30)/t22-/m0/s1/i22D. The molecule has 0 aliphatic heterocycles. The first-order valence-corrected chi connectivity index (χ1v) is 12.1. The Morgan fingerprint density at radius 3 is 2.68 bits per heavy atom. The van der Waals surface area contributed by atoms with Crippen LogP contribution in [0.1, 0.15) is 58.3 Å². The van der Waals surface area contributed by atoms with Gasteiger partial charge in [-0.05, 0) is 64.0 Å². The fourth-order valence-corrected chi connectivity index (χ4v) is 4.20. The highest BCUT2D eigenvalue weighted by Gasteiger charge is 2.27. The summed E-state index contributed by atoms with van der Waals surface area (Å²) in [7, 11) is 0. The van der Waals surface area contributed by atoms with E-state index in [1.54, 1.807) is 18.3 Å². The molecule has 0 radical (unpaired) electrons. The molecular weight excluding hydrogens is 497 g/mol. The third kappa shape index (κ3) is 5.04. The van der Waals surface area contributed by atoms with Crippen molar-refractivity contribution < 1.29 is 5.76 Å². The molecule has 0 amide bonds. The van der Waals surface area contributed by atoms with E-state index in [0.29, 0.717) is 28.8 Å². The van der Waals surface area contributed by atoms with Gasteiger partial charge in [0.2, 0.25) is 0 Å². The molecule has 7 nitrogen and oxygen atoms in total. The SMILES string of the molecule is [2H][C@](Nc1cc(Br)c2ncnc(NCC(C)(C)C)c2c1)(c1ccc(F)cc1)c1cn(C2CC2)nn1. The van der Waals surface area contributed by atoms with Crippen LogP contribution in [0.15, 0.2) is 53.4 Å². The lowest BCUT2D eigenvalue weighted by molar-refractivity contribution is 0.442. The predicted molar refractivity (Wildman–Crippen MR) is 135 cm³/mol. The predicted octanol–water partition coefficient (Wildman–Crippen LogP) is 6.12. The number of anilines is 2. The average molecular weight is 525 g/mol. The Morgan fingerprint density at radius 2 is 1.97 bits per heavy atom. The molecule has 2 N–H and O–H groups in total. The van der Waals surface area contributed by atoms with E-state index in [0.717, 1.165) is 34.8 Å². The maximum Gasteiger partial charge on any atom is 0.137 e. The Hall–Kier alpha value is -3.07. The molecule has 2 aromatic heterocycles. The normalized spacial score (nSPS) is 16.2. The largest absolute Gasteiger partial charge is 0.373 e. The second kappa shape index (κ2) is 8.94. The van der Waals surface area contributed by atoms with Crippen LogP contribution in [0.3, 0.4) is 0 Å². The van der Waals surface area contributed by atoms with E-state index in [2.05, 4.69) is 67.6 Å². The summed E-state index contributed by atoms with van der Waals surface area (Å²) in [6.07, 6.45) is 5.45. The molecule has 1 aliphatic rings. The number of hydrogen-bond donors (Lipinski definition) is 2. The molecule has 4 aromatic rings. The monoisotopic (exact) mass is 524 g/mol. The molecule has 0 unspecified atom stereocenters. The van der Waals surface area contributed by atoms with Crippen molar-refractivity contribution >= 4 is 38.3 Å². The second-order valence-corrected chi connectivity index (χ2v) is 10.7. The maximum atomic E-state index is 13.7. The summed E-state index contributed by atoms with van der Waals surface area (Å²) in [6, 6.07) is 8.53. The zero-order chi connectivity index (χ0) is 24.8. The first-order chi connectivity index (χ1) is 16.6. The van der Waals surface area contributed by atoms with Gasteiger partial charge in [0, 0.05) is 22.1 Å². The number of nitrogens with zero attached hydrogens (tertiary/aromatic N) is 5. The van der Waals surface area contributed by atoms with Gasteiger partial charge in [0.15, 0.2) is 0 Å². The number of halogens is 2. The lowest BCUT2D eigenvalue weighted by Gasteiger charge is -2.21. The Morgan fingerprint density at radius 1 is 1.21 bits per heavy atom. The minimum absolute atomic E-state index is 0.0661. The number of nitrogens with one attached hydrogen (secondary N) is 2. The van der Waals surface area contributed by atoms with Crippen molar-refractivity contribution in [3.63, 3.8) is 0 Å². The number of rotatable bonds is 7. The average Bonchev–Trinajstić information content (AvgIpc) is 3.53. The molecule has 34 heavy (non-hydrogen) atoms. The lowest BCUT2D eigenvalue weighted by atomic mass is 9.97. The van der Waals surface area contributed by atoms with Gasteiger partial charge in [0.1, 0.15) is 23.7 Å². The number of hydrogen-bond acceptors (Lipinski definition) is 6. The van der Waals surface area contributed by atoms with Gasteiger partial charge in [-0.15, -0.1) is 5.10 Å². The van der Waals surface area contributed by atoms with E-state index in [4.69, 9.17) is 0 Å². The molecule has 176 valence electrons. The van der Waals surface area contributed by atoms with Crippen LogP contribution < -0.4 is 10.6 Å². The lowest BCUT2D eigenvalue weighted by Crippen LogP contribution is -2.19. The minimum atomic E-state index is -1.50. The highest BCUT2D eigenvalue weighted by Crippen LogP contribution is 2.36. The number of benzene rings is 2. The van der Waals surface area contributed by atoms with E-state index in [9.17, 15) is 5.76 Å². The van der Waals surface area contributed by atoms with Crippen molar-refractivity contribution in [2.24, 2.45) is 5.41 Å². The van der Waals surface area contributed by atoms with Crippen LogP contribution in [0.5, 0.6) is 0 Å². The highest BCUT2D eigenvalue weighted by atomic mass is 79.9. The topological polar surface area (TPSA) is 80.5 Å². The Bertz CT molecular complexity index is 1360. The Kier molecular flexibility index (Phi) is 5.64. The van der Waals surface area contributed by atoms with E-state index < -0.39 is 6.02 Å². The first kappa shape index (κ1) is 21.5. The van der Waals surface area contributed by atoms with Crippen molar-refractivity contribution in [2.45, 2.75) is 45.7 Å². The third-order valence-electron chi connectivity index (χ3n) is 5.57. The molecule has 5 rings (SSSR count). The van der Waals surface area contributed by atoms with E-state index >= 15 is 0 Å². The van der Waals surface area contributed by atoms with Gasteiger partial charge in [0.05, 0.1) is 25.1 Å². The van der Waals surface area contributed by atoms with Crippen LogP contribution in [0, 0.1) is 11.2 Å². The van der Waals surface area contributed by atoms with E-state index in [1.165, 1.54) is 18.5 Å². The molecule has 1 saturated carbocycles. The molecule has 2 aromatic carbocycles. The molecular formula is C25H27BrFN7. The summed E-state index contributed by atoms with van der Waals surface area (Å²) in [5.74, 6) is 0.351. The summed E-state index contributed by atoms with van der Waals surface area (Å²) in [4.78, 5) is 8.90. The maximum absolute atomic E-state index is 13.7. The molecule has 0 bridgehead atoms. The summed E-state index contributed by atoms with van der Waals surface area (Å²) >= 11 is 3.63. The molecule has 1 fully saturated rings. The summed E-state index contributed by atoms with van der Waals surface area (Å²) < 4.78 is 25.8. The van der Waals surface area contributed by atoms with Crippen LogP contribution >= 0.6 is 15.9 Å². The van der Waals surface area contributed by atoms with Crippen LogP contribution in [0.25, 0.3) is 10.9 Å². The Labute approximate surface area is 207 Å². The molecule has 1 aliphatic carbocycles. The molecule has 1 atom stereocenters. The molecule has 0 saturated heterocycles. The number of aromatic nitrogens is 5. The third-order valence-corrected chi connectivity index (χ3v) is 6.17. The summed E-state index contributed by atoms with van der Waals surface area (Å²) in [5.41, 5.74) is 2.48. The van der Waals surface area contributed by atoms with Crippen LogP contribution in [0.2, 0.25) is 0 Å². The van der Waals surface area contributed by atoms with Crippen molar-refractivity contribution in [3.8, 4) is 0 Å². The zero-order valence-corrected chi connectivity index (χ0v) is 20.9. The van der Waals surface area contributed by atoms with Gasteiger partial charge in [-0.3, -0.25) is 0 Å². The van der Waals surface area contributed by atoms with Gasteiger partial charge >= 0.3 is 0 Å². The van der Waals surface area contributed by atoms with Gasteiger partial charge in [0.25, 0.3) is 0 Å². The first-order valence-electron chi connectivity index (χ1n) is 11.8. The summed E-state index contributed by atoms with van der Waals surface area (Å²) in [6.45, 7) is 7.19. The zero-order valence-electron chi connectivity index (χ0n) is 20.3. The van der Waals surface area contributed by atoms with Gasteiger partial charge < -0.3 is 10.6 Å². The van der Waals surface area contributed by atoms with Gasteiger partial charge in [-0.25, -0.2) is 19.0 Å². The molecule has 9 heteroatoms. The van der Waals surface area contributed by atoms with Gasteiger partial charge in [-0.1, -0.05) is 38.1 Å². The summed E-state index contributed by atoms with van der Waals surface area (Å²) in [5, 5.41) is 16.1.